The van der Waals surface area contributed by atoms with Crippen LogP contribution in [0.1, 0.15) is 38.1 Å². The molecule has 1 aromatic rings. The molecule has 0 spiro atoms. The van der Waals surface area contributed by atoms with Crippen LogP contribution in [-0.2, 0) is 4.79 Å². The second-order valence-electron chi connectivity index (χ2n) is 4.31. The van der Waals surface area contributed by atoms with Crippen LogP contribution < -0.4 is 0 Å². The molecule has 1 N–H and O–H groups in total. The molecule has 0 bridgehead atoms. The van der Waals surface area contributed by atoms with Gasteiger partial charge in [-0.05, 0) is 30.9 Å². The zero-order valence-electron chi connectivity index (χ0n) is 8.80. The summed E-state index contributed by atoms with van der Waals surface area (Å²) in [5, 5.41) is 9.28. The van der Waals surface area contributed by atoms with Crippen LogP contribution in [0.25, 0.3) is 0 Å². The number of nitrogens with zero attached hydrogens (tertiary/aromatic N) is 1. The first kappa shape index (κ1) is 10.3. The van der Waals surface area contributed by atoms with Gasteiger partial charge >= 0.3 is 5.97 Å². The summed E-state index contributed by atoms with van der Waals surface area (Å²) in [5.74, 6) is -0.387. The number of hydrogen-bond acceptors (Lipinski definition) is 1. The zero-order valence-corrected chi connectivity index (χ0v) is 8.80. The smallest absolute Gasteiger partial charge is 0.326 e. The van der Waals surface area contributed by atoms with Crippen LogP contribution in [0.4, 0.5) is 0 Å². The van der Waals surface area contributed by atoms with E-state index in [0.717, 1.165) is 12.8 Å². The Kier molecular flexibility index (Phi) is 3.09. The largest absolute Gasteiger partial charge is 0.480 e. The van der Waals surface area contributed by atoms with E-state index in [1.54, 1.807) is 0 Å². The van der Waals surface area contributed by atoms with E-state index in [0.29, 0.717) is 5.92 Å². The van der Waals surface area contributed by atoms with Gasteiger partial charge in [0.15, 0.2) is 0 Å². The highest BCUT2D eigenvalue weighted by atomic mass is 16.4. The molecule has 0 unspecified atom stereocenters. The molecule has 1 aliphatic rings. The van der Waals surface area contributed by atoms with Gasteiger partial charge in [0, 0.05) is 12.4 Å². The molecule has 15 heavy (non-hydrogen) atoms. The number of hydrogen-bond donors (Lipinski definition) is 1. The first-order valence-corrected chi connectivity index (χ1v) is 5.64. The minimum absolute atomic E-state index is 0.309. The minimum atomic E-state index is -0.696. The van der Waals surface area contributed by atoms with E-state index >= 15 is 0 Å². The maximum atomic E-state index is 11.3. The molecule has 1 aliphatic carbocycles. The molecule has 2 rings (SSSR count). The Morgan fingerprint density at radius 2 is 1.80 bits per heavy atom. The molecular weight excluding hydrogens is 190 g/mol. The molecule has 0 aromatic carbocycles. The molecule has 1 aromatic heterocycles. The van der Waals surface area contributed by atoms with Gasteiger partial charge in [0.05, 0.1) is 0 Å². The van der Waals surface area contributed by atoms with Crippen molar-refractivity contribution in [1.29, 1.82) is 0 Å². The minimum Gasteiger partial charge on any atom is -0.480 e. The summed E-state index contributed by atoms with van der Waals surface area (Å²) in [6.45, 7) is 0. The number of rotatable bonds is 3. The van der Waals surface area contributed by atoms with Crippen molar-refractivity contribution < 1.29 is 9.90 Å². The summed E-state index contributed by atoms with van der Waals surface area (Å²) in [7, 11) is 0. The van der Waals surface area contributed by atoms with Crippen LogP contribution in [0.5, 0.6) is 0 Å². The van der Waals surface area contributed by atoms with Gasteiger partial charge in [0.1, 0.15) is 6.04 Å². The standard InChI is InChI=1S/C12H17NO2/c14-12(15)11(13-8-4-5-9-13)10-6-2-1-3-7-10/h4-5,8-11H,1-3,6-7H2,(H,14,15)/t11-/m0/s1. The number of carbonyl (C=O) groups is 1. The molecule has 0 saturated heterocycles. The SMILES string of the molecule is O=C(O)[C@H](C1CCCCC1)n1cccc1. The van der Waals surface area contributed by atoms with E-state index < -0.39 is 5.97 Å². The summed E-state index contributed by atoms with van der Waals surface area (Å²) in [6, 6.07) is 3.41. The molecule has 1 atom stereocenters. The summed E-state index contributed by atoms with van der Waals surface area (Å²) < 4.78 is 1.83. The molecule has 0 amide bonds. The fourth-order valence-corrected chi connectivity index (χ4v) is 2.56. The molecule has 3 heteroatoms. The number of carboxylic acid groups (broad SMARTS) is 1. The summed E-state index contributed by atoms with van der Waals surface area (Å²) in [6.07, 6.45) is 9.42. The Bertz CT molecular complexity index is 312. The van der Waals surface area contributed by atoms with Crippen LogP contribution >= 0.6 is 0 Å². The quantitative estimate of drug-likeness (QED) is 0.828. The topological polar surface area (TPSA) is 42.2 Å². The van der Waals surface area contributed by atoms with Crippen molar-refractivity contribution in [1.82, 2.24) is 4.57 Å². The van der Waals surface area contributed by atoms with E-state index in [9.17, 15) is 9.90 Å². The molecule has 0 aliphatic heterocycles. The number of aliphatic carboxylic acids is 1. The second kappa shape index (κ2) is 4.51. The summed E-state index contributed by atoms with van der Waals surface area (Å²) in [4.78, 5) is 11.3. The molecule has 3 nitrogen and oxygen atoms in total. The zero-order chi connectivity index (χ0) is 10.7. The van der Waals surface area contributed by atoms with Crippen molar-refractivity contribution in [3.05, 3.63) is 24.5 Å². The Balaban J connectivity index is 2.15. The lowest BCUT2D eigenvalue weighted by Gasteiger charge is -2.28. The lowest BCUT2D eigenvalue weighted by atomic mass is 9.84. The highest BCUT2D eigenvalue weighted by molar-refractivity contribution is 5.72. The third-order valence-electron chi connectivity index (χ3n) is 3.30. The van der Waals surface area contributed by atoms with Gasteiger partial charge in [-0.2, -0.15) is 0 Å². The number of carboxylic acids is 1. The van der Waals surface area contributed by atoms with Gasteiger partial charge in [0.25, 0.3) is 0 Å². The highest BCUT2D eigenvalue weighted by Gasteiger charge is 2.29. The van der Waals surface area contributed by atoms with Crippen LogP contribution in [0.15, 0.2) is 24.5 Å². The van der Waals surface area contributed by atoms with Crippen LogP contribution in [-0.4, -0.2) is 15.6 Å². The molecule has 1 saturated carbocycles. The van der Waals surface area contributed by atoms with Crippen LogP contribution in [0, 0.1) is 5.92 Å². The van der Waals surface area contributed by atoms with E-state index in [1.165, 1.54) is 19.3 Å². The predicted molar refractivity (Wildman–Crippen MR) is 57.7 cm³/mol. The molecule has 1 heterocycles. The van der Waals surface area contributed by atoms with Crippen molar-refractivity contribution in [3.8, 4) is 0 Å². The van der Waals surface area contributed by atoms with Crippen molar-refractivity contribution in [3.63, 3.8) is 0 Å². The van der Waals surface area contributed by atoms with Crippen LogP contribution in [0.3, 0.4) is 0 Å². The Labute approximate surface area is 89.7 Å². The molecule has 0 radical (unpaired) electrons. The monoisotopic (exact) mass is 207 g/mol. The Hall–Kier alpha value is -1.25. The van der Waals surface area contributed by atoms with E-state index in [1.807, 2.05) is 29.1 Å². The molecular formula is C12H17NO2. The maximum absolute atomic E-state index is 11.3. The fourth-order valence-electron chi connectivity index (χ4n) is 2.56. The Morgan fingerprint density at radius 3 is 2.33 bits per heavy atom. The predicted octanol–water partition coefficient (Wildman–Crippen LogP) is 2.69. The summed E-state index contributed by atoms with van der Waals surface area (Å²) in [5.41, 5.74) is 0. The van der Waals surface area contributed by atoms with Crippen LogP contribution in [0.2, 0.25) is 0 Å². The second-order valence-corrected chi connectivity index (χ2v) is 4.31. The molecule has 82 valence electrons. The fraction of sp³-hybridized carbons (Fsp3) is 0.583. The normalized spacial score (nSPS) is 20.0. The van der Waals surface area contributed by atoms with Gasteiger partial charge in [-0.15, -0.1) is 0 Å². The van der Waals surface area contributed by atoms with Gasteiger partial charge in [-0.25, -0.2) is 4.79 Å². The lowest BCUT2D eigenvalue weighted by Crippen LogP contribution is -2.27. The average Bonchev–Trinajstić information content (AvgIpc) is 2.72. The van der Waals surface area contributed by atoms with Crippen molar-refractivity contribution in [2.45, 2.75) is 38.1 Å². The van der Waals surface area contributed by atoms with E-state index in [4.69, 9.17) is 0 Å². The highest BCUT2D eigenvalue weighted by Crippen LogP contribution is 2.33. The van der Waals surface area contributed by atoms with Crippen molar-refractivity contribution in [2.75, 3.05) is 0 Å². The van der Waals surface area contributed by atoms with Gasteiger partial charge < -0.3 is 9.67 Å². The first-order valence-electron chi connectivity index (χ1n) is 5.64. The van der Waals surface area contributed by atoms with Gasteiger partial charge in [-0.1, -0.05) is 19.3 Å². The van der Waals surface area contributed by atoms with Gasteiger partial charge in [0.2, 0.25) is 0 Å². The van der Waals surface area contributed by atoms with E-state index in [2.05, 4.69) is 0 Å². The maximum Gasteiger partial charge on any atom is 0.326 e. The molecule has 1 fully saturated rings. The van der Waals surface area contributed by atoms with E-state index in [-0.39, 0.29) is 6.04 Å². The number of aromatic nitrogens is 1. The van der Waals surface area contributed by atoms with Crippen molar-refractivity contribution >= 4 is 5.97 Å². The van der Waals surface area contributed by atoms with Gasteiger partial charge in [-0.3, -0.25) is 0 Å². The summed E-state index contributed by atoms with van der Waals surface area (Å²) >= 11 is 0. The Morgan fingerprint density at radius 1 is 1.20 bits per heavy atom. The third kappa shape index (κ3) is 2.22. The van der Waals surface area contributed by atoms with Crippen molar-refractivity contribution in [2.24, 2.45) is 5.92 Å². The average molecular weight is 207 g/mol. The first-order chi connectivity index (χ1) is 7.29. The lowest BCUT2D eigenvalue weighted by molar-refractivity contribution is -0.143. The third-order valence-corrected chi connectivity index (χ3v) is 3.30.